The fourth-order valence-electron chi connectivity index (χ4n) is 4.04. The number of ether oxygens (including phenoxy) is 1. The number of nitrogens with zero attached hydrogens (tertiary/aromatic N) is 1. The lowest BCUT2D eigenvalue weighted by molar-refractivity contribution is -0.124. The molecule has 0 aliphatic carbocycles. The third kappa shape index (κ3) is 6.91. The van der Waals surface area contributed by atoms with E-state index in [-0.39, 0.29) is 24.5 Å². The normalized spacial score (nSPS) is 18.2. The van der Waals surface area contributed by atoms with E-state index in [1.807, 2.05) is 39.0 Å². The first kappa shape index (κ1) is 25.9. The van der Waals surface area contributed by atoms with E-state index in [1.54, 1.807) is 24.3 Å². The lowest BCUT2D eigenvalue weighted by atomic mass is 10.0. The average Bonchev–Trinajstić information content (AvgIpc) is 2.79. The van der Waals surface area contributed by atoms with Crippen LogP contribution in [0.3, 0.4) is 0 Å². The molecular weight excluding hydrogens is 459 g/mol. The monoisotopic (exact) mass is 490 g/mol. The van der Waals surface area contributed by atoms with E-state index in [0.717, 1.165) is 0 Å². The maximum absolute atomic E-state index is 14.8. The zero-order chi connectivity index (χ0) is 24.7. The zero-order valence-corrected chi connectivity index (χ0v) is 20.4. The van der Waals surface area contributed by atoms with Gasteiger partial charge in [-0.1, -0.05) is 49.7 Å². The molecule has 0 spiro atoms. The second kappa shape index (κ2) is 12.1. The van der Waals surface area contributed by atoms with Gasteiger partial charge >= 0.3 is 6.03 Å². The number of anilines is 1. The minimum Gasteiger partial charge on any atom is -0.376 e. The summed E-state index contributed by atoms with van der Waals surface area (Å²) in [5.41, 5.74) is 0.966. The molecule has 0 bridgehead atoms. The Bertz CT molecular complexity index is 956. The SMILES string of the molecule is CC1CN(C(CNC(=O)C(NC(=O)Nc2ccccc2)C(C)C)c2c(F)cccc2Cl)CCO1. The Balaban J connectivity index is 1.72. The van der Waals surface area contributed by atoms with Crippen molar-refractivity contribution in [2.24, 2.45) is 5.92 Å². The van der Waals surface area contributed by atoms with E-state index in [0.29, 0.717) is 36.0 Å². The molecule has 184 valence electrons. The summed E-state index contributed by atoms with van der Waals surface area (Å²) in [5, 5.41) is 8.68. The molecule has 1 aliphatic heterocycles. The van der Waals surface area contributed by atoms with Gasteiger partial charge in [0, 0.05) is 35.9 Å². The summed E-state index contributed by atoms with van der Waals surface area (Å²) in [6.45, 7) is 7.46. The molecule has 1 heterocycles. The molecule has 2 aromatic rings. The van der Waals surface area contributed by atoms with E-state index < -0.39 is 23.9 Å². The Morgan fingerprint density at radius 1 is 1.18 bits per heavy atom. The molecule has 3 atom stereocenters. The number of nitrogens with one attached hydrogen (secondary N) is 3. The second-order valence-corrected chi connectivity index (χ2v) is 9.17. The largest absolute Gasteiger partial charge is 0.376 e. The topological polar surface area (TPSA) is 82.7 Å². The van der Waals surface area contributed by atoms with Crippen LogP contribution in [0.4, 0.5) is 14.9 Å². The number of carbonyl (C=O) groups is 2. The van der Waals surface area contributed by atoms with Crippen molar-refractivity contribution in [2.45, 2.75) is 39.0 Å². The van der Waals surface area contributed by atoms with Crippen LogP contribution in [0, 0.1) is 11.7 Å². The summed E-state index contributed by atoms with van der Waals surface area (Å²) in [5.74, 6) is -0.941. The Morgan fingerprint density at radius 3 is 2.56 bits per heavy atom. The minimum absolute atomic E-state index is 0.0238. The standard InChI is InChI=1S/C25H32ClFN4O3/c1-16(2)23(30-25(33)29-18-8-5-4-6-9-18)24(32)28-14-21(31-12-13-34-17(3)15-31)22-19(26)10-7-11-20(22)27/h4-11,16-17,21,23H,12-15H2,1-3H3,(H,28,32)(H2,29,30,33). The van der Waals surface area contributed by atoms with Gasteiger partial charge in [-0.2, -0.15) is 0 Å². The van der Waals surface area contributed by atoms with E-state index in [1.165, 1.54) is 6.07 Å². The van der Waals surface area contributed by atoms with Crippen LogP contribution in [-0.2, 0) is 9.53 Å². The molecular formula is C25H32ClFN4O3. The molecule has 3 amide bonds. The third-order valence-corrected chi connectivity index (χ3v) is 6.11. The molecule has 0 saturated carbocycles. The molecule has 3 N–H and O–H groups in total. The fourth-order valence-corrected chi connectivity index (χ4v) is 4.33. The van der Waals surface area contributed by atoms with Crippen LogP contribution >= 0.6 is 11.6 Å². The fraction of sp³-hybridized carbons (Fsp3) is 0.440. The van der Waals surface area contributed by atoms with Crippen LogP contribution in [0.2, 0.25) is 5.02 Å². The van der Waals surface area contributed by atoms with Crippen molar-refractivity contribution < 1.29 is 18.7 Å². The number of rotatable bonds is 8. The number of amides is 3. The Hall–Kier alpha value is -2.68. The van der Waals surface area contributed by atoms with Gasteiger partial charge in [-0.3, -0.25) is 9.69 Å². The molecule has 9 heteroatoms. The van der Waals surface area contributed by atoms with Gasteiger partial charge in [0.15, 0.2) is 0 Å². The first-order chi connectivity index (χ1) is 16.3. The molecule has 2 aromatic carbocycles. The Morgan fingerprint density at radius 2 is 1.91 bits per heavy atom. The number of urea groups is 1. The summed E-state index contributed by atoms with van der Waals surface area (Å²) in [4.78, 5) is 27.6. The van der Waals surface area contributed by atoms with Crippen molar-refractivity contribution >= 4 is 29.2 Å². The van der Waals surface area contributed by atoms with Crippen molar-refractivity contribution in [3.63, 3.8) is 0 Å². The van der Waals surface area contributed by atoms with Gasteiger partial charge in [-0.15, -0.1) is 0 Å². The molecule has 1 aliphatic rings. The summed E-state index contributed by atoms with van der Waals surface area (Å²) >= 11 is 6.38. The maximum atomic E-state index is 14.8. The maximum Gasteiger partial charge on any atom is 0.319 e. The van der Waals surface area contributed by atoms with Crippen molar-refractivity contribution in [3.05, 3.63) is 64.9 Å². The van der Waals surface area contributed by atoms with Crippen LogP contribution in [0.1, 0.15) is 32.4 Å². The number of hydrogen-bond acceptors (Lipinski definition) is 4. The van der Waals surface area contributed by atoms with Gasteiger partial charge in [0.25, 0.3) is 0 Å². The lowest BCUT2D eigenvalue weighted by Crippen LogP contribution is -2.53. The lowest BCUT2D eigenvalue weighted by Gasteiger charge is -2.38. The average molecular weight is 491 g/mol. The van der Waals surface area contributed by atoms with Gasteiger partial charge in [0.05, 0.1) is 18.8 Å². The van der Waals surface area contributed by atoms with Gasteiger partial charge < -0.3 is 20.7 Å². The first-order valence-electron chi connectivity index (χ1n) is 11.5. The number of benzene rings is 2. The smallest absolute Gasteiger partial charge is 0.319 e. The van der Waals surface area contributed by atoms with Crippen molar-refractivity contribution in [1.29, 1.82) is 0 Å². The van der Waals surface area contributed by atoms with Gasteiger partial charge in [-0.25, -0.2) is 9.18 Å². The Labute approximate surface area is 205 Å². The zero-order valence-electron chi connectivity index (χ0n) is 19.7. The summed E-state index contributed by atoms with van der Waals surface area (Å²) in [7, 11) is 0. The molecule has 3 rings (SSSR count). The van der Waals surface area contributed by atoms with Crippen LogP contribution < -0.4 is 16.0 Å². The highest BCUT2D eigenvalue weighted by molar-refractivity contribution is 6.31. The number of para-hydroxylation sites is 1. The predicted octanol–water partition coefficient (Wildman–Crippen LogP) is 4.20. The Kier molecular flexibility index (Phi) is 9.27. The quantitative estimate of drug-likeness (QED) is 0.518. The van der Waals surface area contributed by atoms with Crippen molar-refractivity contribution in [3.8, 4) is 0 Å². The van der Waals surface area contributed by atoms with E-state index in [4.69, 9.17) is 16.3 Å². The number of carbonyl (C=O) groups excluding carboxylic acids is 2. The summed E-state index contributed by atoms with van der Waals surface area (Å²) in [6.07, 6.45) is -0.0238. The van der Waals surface area contributed by atoms with Gasteiger partial charge in [0.1, 0.15) is 11.9 Å². The predicted molar refractivity (Wildman–Crippen MR) is 131 cm³/mol. The molecule has 0 aromatic heterocycles. The molecule has 1 saturated heterocycles. The molecule has 34 heavy (non-hydrogen) atoms. The highest BCUT2D eigenvalue weighted by Crippen LogP contribution is 2.31. The molecule has 7 nitrogen and oxygen atoms in total. The van der Waals surface area contributed by atoms with Crippen molar-refractivity contribution in [1.82, 2.24) is 15.5 Å². The van der Waals surface area contributed by atoms with Gasteiger partial charge in [-0.05, 0) is 37.1 Å². The molecule has 0 radical (unpaired) electrons. The van der Waals surface area contributed by atoms with Crippen LogP contribution in [-0.4, -0.2) is 55.2 Å². The second-order valence-electron chi connectivity index (χ2n) is 8.76. The minimum atomic E-state index is -0.774. The first-order valence-corrected chi connectivity index (χ1v) is 11.8. The summed E-state index contributed by atoms with van der Waals surface area (Å²) in [6, 6.07) is 11.8. The van der Waals surface area contributed by atoms with Crippen LogP contribution in [0.25, 0.3) is 0 Å². The van der Waals surface area contributed by atoms with Gasteiger partial charge in [0.2, 0.25) is 5.91 Å². The van der Waals surface area contributed by atoms with E-state index in [9.17, 15) is 14.0 Å². The molecule has 1 fully saturated rings. The summed E-state index contributed by atoms with van der Waals surface area (Å²) < 4.78 is 20.5. The number of hydrogen-bond donors (Lipinski definition) is 3. The number of morpholine rings is 1. The van der Waals surface area contributed by atoms with Crippen LogP contribution in [0.15, 0.2) is 48.5 Å². The van der Waals surface area contributed by atoms with Crippen LogP contribution in [0.5, 0.6) is 0 Å². The number of halogens is 2. The highest BCUT2D eigenvalue weighted by Gasteiger charge is 2.31. The molecule has 3 unspecified atom stereocenters. The van der Waals surface area contributed by atoms with E-state index in [2.05, 4.69) is 20.9 Å². The third-order valence-electron chi connectivity index (χ3n) is 5.78. The highest BCUT2D eigenvalue weighted by atomic mass is 35.5. The van der Waals surface area contributed by atoms with E-state index >= 15 is 0 Å². The van der Waals surface area contributed by atoms with Crippen molar-refractivity contribution in [2.75, 3.05) is 31.6 Å².